The Morgan fingerprint density at radius 2 is 1.88 bits per heavy atom. The molecule has 2 saturated carbocycles. The average molecular weight is 359 g/mol. The maximum Gasteiger partial charge on any atom is 0.171 e. The van der Waals surface area contributed by atoms with Gasteiger partial charge in [0.2, 0.25) is 0 Å². The zero-order valence-electron chi connectivity index (χ0n) is 16.8. The molecule has 4 aliphatic carbocycles. The van der Waals surface area contributed by atoms with Gasteiger partial charge in [-0.1, -0.05) is 30.9 Å². The van der Waals surface area contributed by atoms with Crippen molar-refractivity contribution in [2.24, 2.45) is 29.1 Å². The van der Waals surface area contributed by atoms with Crippen LogP contribution in [0.15, 0.2) is 11.1 Å². The van der Waals surface area contributed by atoms with Crippen LogP contribution in [-0.2, 0) is 9.47 Å². The van der Waals surface area contributed by atoms with Gasteiger partial charge < -0.3 is 14.6 Å². The first kappa shape index (κ1) is 18.5. The quantitative estimate of drug-likeness (QED) is 0.454. The Labute approximate surface area is 158 Å². The fourth-order valence-corrected chi connectivity index (χ4v) is 7.29. The summed E-state index contributed by atoms with van der Waals surface area (Å²) in [4.78, 5) is 0. The van der Waals surface area contributed by atoms with Gasteiger partial charge in [-0.25, -0.2) is 0 Å². The normalized spacial score (nSPS) is 46.9. The van der Waals surface area contributed by atoms with E-state index in [0.717, 1.165) is 51.4 Å². The van der Waals surface area contributed by atoms with Gasteiger partial charge in [-0.05, 0) is 62.2 Å². The number of terminal acetylenes is 1. The topological polar surface area (TPSA) is 38.7 Å². The Bertz CT molecular complexity index is 655. The molecule has 4 aliphatic rings. The Hall–Kier alpha value is -0.820. The molecule has 3 nitrogen and oxygen atoms in total. The molecule has 0 saturated heterocycles. The van der Waals surface area contributed by atoms with Gasteiger partial charge in [-0.2, -0.15) is 0 Å². The molecule has 2 fully saturated rings. The van der Waals surface area contributed by atoms with Crippen molar-refractivity contribution in [3.8, 4) is 12.3 Å². The number of rotatable bonds is 2. The summed E-state index contributed by atoms with van der Waals surface area (Å²) in [6.07, 6.45) is 13.9. The van der Waals surface area contributed by atoms with Gasteiger partial charge in [0, 0.05) is 32.5 Å². The lowest BCUT2D eigenvalue weighted by Crippen LogP contribution is -2.53. The molecule has 4 rings (SSSR count). The third-order valence-electron chi connectivity index (χ3n) is 8.85. The van der Waals surface area contributed by atoms with E-state index in [4.69, 9.17) is 15.9 Å². The van der Waals surface area contributed by atoms with E-state index < -0.39 is 11.4 Å². The largest absolute Gasteiger partial charge is 0.377 e. The molecule has 0 aromatic rings. The number of fused-ring (bicyclic) bond motifs is 4. The molecule has 0 aromatic heterocycles. The van der Waals surface area contributed by atoms with Crippen LogP contribution in [0.5, 0.6) is 0 Å². The smallest absolute Gasteiger partial charge is 0.171 e. The summed E-state index contributed by atoms with van der Waals surface area (Å²) in [7, 11) is 3.55. The molecule has 0 radical (unpaired) electrons. The molecule has 6 atom stereocenters. The van der Waals surface area contributed by atoms with Crippen LogP contribution in [0.4, 0.5) is 0 Å². The molecule has 0 bridgehead atoms. The monoisotopic (exact) mass is 358 g/mol. The average Bonchev–Trinajstić information content (AvgIpc) is 2.93. The van der Waals surface area contributed by atoms with Crippen LogP contribution in [0.2, 0.25) is 0 Å². The van der Waals surface area contributed by atoms with Gasteiger partial charge in [0.15, 0.2) is 5.79 Å². The Morgan fingerprint density at radius 3 is 2.54 bits per heavy atom. The first-order chi connectivity index (χ1) is 12.3. The molecule has 0 unspecified atom stereocenters. The standard InChI is InChI=1S/C23H34O3/c1-6-22(24)11-9-19-20-15(2)13-16-14-23(25-4,26-5)12-8-17(16)18(20)7-10-21(19,22)3/h1,15,18-20,24H,7-14H2,2-5H3/t15-,18-,19+,20-,21+,22+/m1/s1. The first-order valence-electron chi connectivity index (χ1n) is 10.3. The van der Waals surface area contributed by atoms with Crippen LogP contribution in [-0.4, -0.2) is 30.7 Å². The molecule has 144 valence electrons. The predicted molar refractivity (Wildman–Crippen MR) is 102 cm³/mol. The lowest BCUT2D eigenvalue weighted by atomic mass is 9.50. The highest BCUT2D eigenvalue weighted by atomic mass is 16.7. The lowest BCUT2D eigenvalue weighted by Gasteiger charge is -2.56. The van der Waals surface area contributed by atoms with Crippen molar-refractivity contribution in [2.45, 2.75) is 76.6 Å². The summed E-state index contributed by atoms with van der Waals surface area (Å²) >= 11 is 0. The van der Waals surface area contributed by atoms with E-state index in [2.05, 4.69) is 19.8 Å². The number of allylic oxidation sites excluding steroid dienone is 1. The molecule has 0 aliphatic heterocycles. The second kappa shape index (κ2) is 6.09. The minimum absolute atomic E-state index is 0.118. The van der Waals surface area contributed by atoms with Gasteiger partial charge in [-0.15, -0.1) is 6.42 Å². The molecular formula is C23H34O3. The third kappa shape index (κ3) is 2.32. The lowest BCUT2D eigenvalue weighted by molar-refractivity contribution is -0.214. The van der Waals surface area contributed by atoms with E-state index in [-0.39, 0.29) is 5.41 Å². The highest BCUT2D eigenvalue weighted by Crippen LogP contribution is 2.65. The first-order valence-corrected chi connectivity index (χ1v) is 10.3. The molecule has 0 spiro atoms. The number of aliphatic hydroxyl groups is 1. The Balaban J connectivity index is 1.67. The van der Waals surface area contributed by atoms with Crippen LogP contribution in [0.1, 0.15) is 65.2 Å². The van der Waals surface area contributed by atoms with Crippen LogP contribution in [0.3, 0.4) is 0 Å². The minimum atomic E-state index is -0.912. The maximum atomic E-state index is 11.1. The van der Waals surface area contributed by atoms with Crippen molar-refractivity contribution in [3.63, 3.8) is 0 Å². The summed E-state index contributed by atoms with van der Waals surface area (Å²) in [5, 5.41) is 11.1. The number of hydrogen-bond donors (Lipinski definition) is 1. The molecular weight excluding hydrogens is 324 g/mol. The summed E-state index contributed by atoms with van der Waals surface area (Å²) in [6.45, 7) is 4.68. The van der Waals surface area contributed by atoms with Crippen molar-refractivity contribution in [3.05, 3.63) is 11.1 Å². The van der Waals surface area contributed by atoms with Gasteiger partial charge in [-0.3, -0.25) is 0 Å². The predicted octanol–water partition coefficient (Wildman–Crippen LogP) is 4.30. The van der Waals surface area contributed by atoms with E-state index in [1.807, 2.05) is 0 Å². The van der Waals surface area contributed by atoms with Gasteiger partial charge >= 0.3 is 0 Å². The molecule has 0 amide bonds. The summed E-state index contributed by atoms with van der Waals surface area (Å²) in [5.74, 6) is 4.86. The van der Waals surface area contributed by atoms with Crippen molar-refractivity contribution in [1.29, 1.82) is 0 Å². The zero-order valence-corrected chi connectivity index (χ0v) is 16.8. The van der Waals surface area contributed by atoms with Crippen molar-refractivity contribution < 1.29 is 14.6 Å². The van der Waals surface area contributed by atoms with E-state index in [1.54, 1.807) is 25.4 Å². The second-order valence-electron chi connectivity index (χ2n) is 9.60. The number of hydrogen-bond acceptors (Lipinski definition) is 3. The van der Waals surface area contributed by atoms with E-state index >= 15 is 0 Å². The summed E-state index contributed by atoms with van der Waals surface area (Å²) in [6, 6.07) is 0. The van der Waals surface area contributed by atoms with Crippen LogP contribution in [0.25, 0.3) is 0 Å². The molecule has 0 heterocycles. The fourth-order valence-electron chi connectivity index (χ4n) is 7.29. The maximum absolute atomic E-state index is 11.1. The second-order valence-corrected chi connectivity index (χ2v) is 9.60. The van der Waals surface area contributed by atoms with E-state index in [9.17, 15) is 5.11 Å². The van der Waals surface area contributed by atoms with E-state index in [1.165, 1.54) is 0 Å². The Morgan fingerprint density at radius 1 is 1.15 bits per heavy atom. The number of ether oxygens (including phenoxy) is 2. The van der Waals surface area contributed by atoms with Crippen molar-refractivity contribution in [1.82, 2.24) is 0 Å². The third-order valence-corrected chi connectivity index (χ3v) is 8.85. The van der Waals surface area contributed by atoms with E-state index in [0.29, 0.717) is 23.7 Å². The SMILES string of the molecule is C#C[C@]1(O)CC[C@H]2[C@@H]3[C@H](C)CC4=C(CCC(OC)(OC)C4)[C@H]3CC[C@@]21C. The highest BCUT2D eigenvalue weighted by molar-refractivity contribution is 5.31. The highest BCUT2D eigenvalue weighted by Gasteiger charge is 2.62. The minimum Gasteiger partial charge on any atom is -0.377 e. The fraction of sp³-hybridized carbons (Fsp3) is 0.826. The van der Waals surface area contributed by atoms with Crippen LogP contribution < -0.4 is 0 Å². The summed E-state index contributed by atoms with van der Waals surface area (Å²) in [5.41, 5.74) is 2.25. The van der Waals surface area contributed by atoms with Gasteiger partial charge in [0.05, 0.1) is 0 Å². The number of methoxy groups -OCH3 is 2. The zero-order chi connectivity index (χ0) is 18.7. The Kier molecular flexibility index (Phi) is 4.34. The van der Waals surface area contributed by atoms with Gasteiger partial charge in [0.25, 0.3) is 0 Å². The van der Waals surface area contributed by atoms with Crippen molar-refractivity contribution in [2.75, 3.05) is 14.2 Å². The molecule has 26 heavy (non-hydrogen) atoms. The summed E-state index contributed by atoms with van der Waals surface area (Å²) < 4.78 is 11.5. The molecule has 0 aromatic carbocycles. The van der Waals surface area contributed by atoms with Crippen molar-refractivity contribution >= 4 is 0 Å². The molecule has 3 heteroatoms. The van der Waals surface area contributed by atoms with Crippen LogP contribution in [0, 0.1) is 41.4 Å². The molecule has 1 N–H and O–H groups in total. The van der Waals surface area contributed by atoms with Crippen LogP contribution >= 0.6 is 0 Å². The van der Waals surface area contributed by atoms with Gasteiger partial charge in [0.1, 0.15) is 5.60 Å².